The second-order valence-electron chi connectivity index (χ2n) is 8.89. The van der Waals surface area contributed by atoms with E-state index in [0.29, 0.717) is 5.69 Å². The van der Waals surface area contributed by atoms with Gasteiger partial charge in [0.2, 0.25) is 11.9 Å². The number of nitrogens with one attached hydrogen (secondary N) is 1. The van der Waals surface area contributed by atoms with Crippen LogP contribution in [-0.4, -0.2) is 44.3 Å². The van der Waals surface area contributed by atoms with E-state index in [-0.39, 0.29) is 23.6 Å². The minimum absolute atomic E-state index is 0.106. The summed E-state index contributed by atoms with van der Waals surface area (Å²) < 4.78 is 1.23. The number of aromatic nitrogens is 4. The number of rotatable bonds is 3. The van der Waals surface area contributed by atoms with Gasteiger partial charge in [0.05, 0.1) is 11.4 Å². The van der Waals surface area contributed by atoms with Crippen molar-refractivity contribution in [3.63, 3.8) is 0 Å². The van der Waals surface area contributed by atoms with Gasteiger partial charge in [0.15, 0.2) is 0 Å². The molecule has 1 saturated heterocycles. The molecule has 2 aliphatic rings. The molecule has 0 saturated carbocycles. The van der Waals surface area contributed by atoms with Gasteiger partial charge >= 0.3 is 0 Å². The maximum Gasteiger partial charge on any atom is 0.267 e. The van der Waals surface area contributed by atoms with Crippen LogP contribution in [0.15, 0.2) is 17.1 Å². The average molecular weight is 396 g/mol. The molecule has 0 bridgehead atoms. The first-order valence-electron chi connectivity index (χ1n) is 10.3. The molecule has 1 fully saturated rings. The molecule has 29 heavy (non-hydrogen) atoms. The van der Waals surface area contributed by atoms with Gasteiger partial charge in [0.25, 0.3) is 5.56 Å². The summed E-state index contributed by atoms with van der Waals surface area (Å²) in [5.74, 6) is 0.546. The molecular formula is C21H28N6O2. The Hall–Kier alpha value is -2.77. The van der Waals surface area contributed by atoms with Crippen LogP contribution >= 0.6 is 0 Å². The van der Waals surface area contributed by atoms with Crippen molar-refractivity contribution >= 4 is 11.9 Å². The molecule has 4 rings (SSSR count). The molecule has 8 nitrogen and oxygen atoms in total. The fourth-order valence-electron chi connectivity index (χ4n) is 3.94. The topological polar surface area (TPSA) is 93.0 Å². The fourth-order valence-corrected chi connectivity index (χ4v) is 3.94. The number of anilines is 1. The lowest BCUT2D eigenvalue weighted by atomic mass is 9.94. The van der Waals surface area contributed by atoms with Crippen molar-refractivity contribution in [2.45, 2.75) is 65.0 Å². The van der Waals surface area contributed by atoms with Crippen molar-refractivity contribution in [2.75, 3.05) is 18.0 Å². The molecule has 1 aliphatic heterocycles. The molecule has 1 N–H and O–H groups in total. The van der Waals surface area contributed by atoms with Crippen molar-refractivity contribution in [3.8, 4) is 11.3 Å². The van der Waals surface area contributed by atoms with E-state index in [1.807, 2.05) is 27.0 Å². The van der Waals surface area contributed by atoms with Gasteiger partial charge in [-0.05, 0) is 58.4 Å². The second-order valence-corrected chi connectivity index (χ2v) is 8.89. The summed E-state index contributed by atoms with van der Waals surface area (Å²) in [7, 11) is 0. The highest BCUT2D eigenvalue weighted by atomic mass is 16.2. The minimum Gasteiger partial charge on any atom is -0.350 e. The third-order valence-corrected chi connectivity index (χ3v) is 5.26. The van der Waals surface area contributed by atoms with Crippen LogP contribution in [0.1, 0.15) is 51.3 Å². The Balaban J connectivity index is 1.63. The van der Waals surface area contributed by atoms with E-state index in [1.54, 1.807) is 6.07 Å². The molecular weight excluding hydrogens is 368 g/mol. The Kier molecular flexibility index (Phi) is 5.10. The first-order chi connectivity index (χ1) is 13.8. The highest BCUT2D eigenvalue weighted by Crippen LogP contribution is 2.30. The molecule has 0 radical (unpaired) electrons. The fraction of sp³-hybridized carbons (Fsp3) is 0.571. The van der Waals surface area contributed by atoms with Crippen LogP contribution in [0.3, 0.4) is 0 Å². The Labute approximate surface area is 170 Å². The van der Waals surface area contributed by atoms with Gasteiger partial charge in [0.1, 0.15) is 6.54 Å². The standard InChI is InChI=1S/C21H28N6O2/c1-21(2,3)24-17(28)13-27-18(29)11-14-7-8-16-15(19(14)25-27)12-22-20(23-16)26-9-5-4-6-10-26/h11-12H,4-10,13H2,1-3H3,(H,24,28). The van der Waals surface area contributed by atoms with Crippen molar-refractivity contribution < 1.29 is 4.79 Å². The molecule has 1 amide bonds. The van der Waals surface area contributed by atoms with Crippen molar-refractivity contribution in [2.24, 2.45) is 0 Å². The molecule has 3 heterocycles. The van der Waals surface area contributed by atoms with E-state index in [0.717, 1.165) is 48.7 Å². The highest BCUT2D eigenvalue weighted by molar-refractivity contribution is 5.76. The summed E-state index contributed by atoms with van der Waals surface area (Å²) >= 11 is 0. The van der Waals surface area contributed by atoms with E-state index >= 15 is 0 Å². The van der Waals surface area contributed by atoms with E-state index in [9.17, 15) is 9.59 Å². The van der Waals surface area contributed by atoms with E-state index in [1.165, 1.54) is 23.9 Å². The van der Waals surface area contributed by atoms with E-state index < -0.39 is 0 Å². The summed E-state index contributed by atoms with van der Waals surface area (Å²) in [6, 6.07) is 1.59. The van der Waals surface area contributed by atoms with Gasteiger partial charge in [-0.15, -0.1) is 0 Å². The number of amides is 1. The van der Waals surface area contributed by atoms with Crippen LogP contribution in [0.5, 0.6) is 0 Å². The number of carbonyl (C=O) groups excluding carboxylic acids is 1. The SMILES string of the molecule is CC(C)(C)NC(=O)Cn1nc2c(cc1=O)CCc1nc(N3CCCCC3)ncc1-2. The first kappa shape index (κ1) is 19.5. The van der Waals surface area contributed by atoms with Gasteiger partial charge in [-0.25, -0.2) is 14.6 Å². The number of fused-ring (bicyclic) bond motifs is 3. The summed E-state index contributed by atoms with van der Waals surface area (Å²) in [5, 5.41) is 7.39. The minimum atomic E-state index is -0.361. The number of hydrogen-bond acceptors (Lipinski definition) is 6. The van der Waals surface area contributed by atoms with Crippen molar-refractivity contribution in [3.05, 3.63) is 33.9 Å². The van der Waals surface area contributed by atoms with E-state index in [4.69, 9.17) is 4.98 Å². The monoisotopic (exact) mass is 396 g/mol. The number of nitrogens with zero attached hydrogens (tertiary/aromatic N) is 5. The zero-order valence-corrected chi connectivity index (χ0v) is 17.4. The number of carbonyl (C=O) groups is 1. The highest BCUT2D eigenvalue weighted by Gasteiger charge is 2.24. The molecule has 2 aromatic rings. The molecule has 0 unspecified atom stereocenters. The lowest BCUT2D eigenvalue weighted by molar-refractivity contribution is -0.123. The molecule has 8 heteroatoms. The van der Waals surface area contributed by atoms with Crippen LogP contribution in [0.2, 0.25) is 0 Å². The number of piperidine rings is 1. The quantitative estimate of drug-likeness (QED) is 0.849. The molecule has 154 valence electrons. The Bertz CT molecular complexity index is 986. The lowest BCUT2D eigenvalue weighted by Crippen LogP contribution is -2.44. The summed E-state index contributed by atoms with van der Waals surface area (Å²) in [6.07, 6.45) is 6.92. The van der Waals surface area contributed by atoms with Crippen molar-refractivity contribution in [1.29, 1.82) is 0 Å². The largest absolute Gasteiger partial charge is 0.350 e. The van der Waals surface area contributed by atoms with Crippen LogP contribution in [0, 0.1) is 0 Å². The molecule has 0 spiro atoms. The zero-order valence-electron chi connectivity index (χ0n) is 17.4. The molecule has 2 aromatic heterocycles. The molecule has 0 atom stereocenters. The molecule has 0 aromatic carbocycles. The zero-order chi connectivity index (χ0) is 20.6. The smallest absolute Gasteiger partial charge is 0.267 e. The van der Waals surface area contributed by atoms with Gasteiger partial charge in [-0.1, -0.05) is 0 Å². The average Bonchev–Trinajstić information content (AvgIpc) is 2.67. The molecule has 1 aliphatic carbocycles. The normalized spacial score (nSPS) is 16.2. The van der Waals surface area contributed by atoms with Crippen molar-refractivity contribution in [1.82, 2.24) is 25.1 Å². The van der Waals surface area contributed by atoms with Gasteiger partial charge in [-0.3, -0.25) is 9.59 Å². The number of hydrogen-bond donors (Lipinski definition) is 1. The first-order valence-corrected chi connectivity index (χ1v) is 10.3. The predicted molar refractivity (Wildman–Crippen MR) is 111 cm³/mol. The van der Waals surface area contributed by atoms with Gasteiger partial charge < -0.3 is 10.2 Å². The van der Waals surface area contributed by atoms with Crippen LogP contribution in [-0.2, 0) is 24.2 Å². The Morgan fingerprint density at radius 1 is 1.17 bits per heavy atom. The maximum absolute atomic E-state index is 12.4. The summed E-state index contributed by atoms with van der Waals surface area (Å²) in [5.41, 5.74) is 2.80. The number of aryl methyl sites for hydroxylation is 2. The Morgan fingerprint density at radius 2 is 1.93 bits per heavy atom. The van der Waals surface area contributed by atoms with Crippen LogP contribution < -0.4 is 15.8 Å². The van der Waals surface area contributed by atoms with E-state index in [2.05, 4.69) is 20.3 Å². The van der Waals surface area contributed by atoms with Gasteiger partial charge in [0, 0.05) is 36.5 Å². The Morgan fingerprint density at radius 3 is 2.66 bits per heavy atom. The lowest BCUT2D eigenvalue weighted by Gasteiger charge is -2.28. The van der Waals surface area contributed by atoms with Gasteiger partial charge in [-0.2, -0.15) is 5.10 Å². The summed E-state index contributed by atoms with van der Waals surface area (Å²) in [6.45, 7) is 7.60. The third-order valence-electron chi connectivity index (χ3n) is 5.26. The van der Waals surface area contributed by atoms with Crippen LogP contribution in [0.25, 0.3) is 11.3 Å². The third kappa shape index (κ3) is 4.31. The maximum atomic E-state index is 12.4. The predicted octanol–water partition coefficient (Wildman–Crippen LogP) is 1.70. The summed E-state index contributed by atoms with van der Waals surface area (Å²) in [4.78, 5) is 36.4. The second kappa shape index (κ2) is 7.57. The van der Waals surface area contributed by atoms with Crippen LogP contribution in [0.4, 0.5) is 5.95 Å².